The Morgan fingerprint density at radius 1 is 1.22 bits per heavy atom. The number of fused-ring (bicyclic) bond motifs is 3. The number of ether oxygens (including phenoxy) is 1. The number of aliphatic imine (C=N–C) groups is 1. The van der Waals surface area contributed by atoms with Crippen molar-refractivity contribution in [3.05, 3.63) is 70.3 Å². The number of hydrogen-bond donors (Lipinski definition) is 2. The molecule has 1 fully saturated rings. The minimum absolute atomic E-state index is 0.0588. The number of aromatic nitrogens is 3. The summed E-state index contributed by atoms with van der Waals surface area (Å²) in [5.41, 5.74) is 3.42. The zero-order chi connectivity index (χ0) is 22.2. The van der Waals surface area contributed by atoms with Gasteiger partial charge < -0.3 is 15.4 Å². The summed E-state index contributed by atoms with van der Waals surface area (Å²) in [5.74, 6) is 2.02. The van der Waals surface area contributed by atoms with Crippen LogP contribution in [-0.2, 0) is 4.79 Å². The van der Waals surface area contributed by atoms with Gasteiger partial charge in [0.05, 0.1) is 31.0 Å². The van der Waals surface area contributed by atoms with Crippen LogP contribution in [0.5, 0.6) is 5.75 Å². The molecule has 0 saturated carbocycles. The van der Waals surface area contributed by atoms with E-state index < -0.39 is 6.04 Å². The second kappa shape index (κ2) is 8.37. The van der Waals surface area contributed by atoms with Crippen molar-refractivity contribution in [3.8, 4) is 11.4 Å². The normalized spacial score (nSPS) is 17.5. The first-order valence-corrected chi connectivity index (χ1v) is 10.9. The predicted molar refractivity (Wildman–Crippen MR) is 122 cm³/mol. The molecule has 2 N–H and O–H groups in total. The van der Waals surface area contributed by atoms with Gasteiger partial charge in [-0.2, -0.15) is 0 Å². The van der Waals surface area contributed by atoms with Gasteiger partial charge in [0.2, 0.25) is 5.91 Å². The van der Waals surface area contributed by atoms with Crippen LogP contribution in [-0.4, -0.2) is 52.6 Å². The van der Waals surface area contributed by atoms with Gasteiger partial charge in [0.15, 0.2) is 5.82 Å². The van der Waals surface area contributed by atoms with E-state index in [-0.39, 0.29) is 18.4 Å². The van der Waals surface area contributed by atoms with Crippen LogP contribution in [0.1, 0.15) is 35.2 Å². The van der Waals surface area contributed by atoms with Crippen molar-refractivity contribution in [2.75, 3.05) is 20.2 Å². The Kier molecular flexibility index (Phi) is 5.40. The third-order valence-electron chi connectivity index (χ3n) is 5.78. The van der Waals surface area contributed by atoms with Gasteiger partial charge in [-0.3, -0.25) is 14.4 Å². The highest BCUT2D eigenvalue weighted by atomic mass is 35.5. The average molecular weight is 451 g/mol. The summed E-state index contributed by atoms with van der Waals surface area (Å²) >= 11 is 6.13. The maximum Gasteiger partial charge on any atom is 0.222 e. The van der Waals surface area contributed by atoms with Gasteiger partial charge in [0.1, 0.15) is 17.6 Å². The highest BCUT2D eigenvalue weighted by Gasteiger charge is 2.31. The van der Waals surface area contributed by atoms with Gasteiger partial charge in [-0.1, -0.05) is 23.7 Å². The molecule has 0 spiro atoms. The van der Waals surface area contributed by atoms with Gasteiger partial charge in [0, 0.05) is 29.2 Å². The lowest BCUT2D eigenvalue weighted by molar-refractivity contribution is -0.122. The number of nitrogens with one attached hydrogen (secondary N) is 2. The lowest BCUT2D eigenvalue weighted by Gasteiger charge is -2.28. The van der Waals surface area contributed by atoms with Crippen molar-refractivity contribution < 1.29 is 9.53 Å². The molecule has 0 bridgehead atoms. The Bertz CT molecular complexity index is 1200. The quantitative estimate of drug-likeness (QED) is 0.623. The summed E-state index contributed by atoms with van der Waals surface area (Å²) in [6.07, 6.45) is 0.177. The van der Waals surface area contributed by atoms with E-state index in [9.17, 15) is 4.79 Å². The fraction of sp³-hybridized carbons (Fsp3) is 0.304. The topological polar surface area (TPSA) is 93.4 Å². The van der Waals surface area contributed by atoms with Crippen LogP contribution < -0.4 is 15.4 Å². The number of rotatable bonds is 5. The van der Waals surface area contributed by atoms with Gasteiger partial charge in [-0.25, -0.2) is 0 Å². The minimum Gasteiger partial charge on any atom is -0.497 e. The van der Waals surface area contributed by atoms with Gasteiger partial charge in [0.25, 0.3) is 0 Å². The lowest BCUT2D eigenvalue weighted by atomic mass is 10.00. The first kappa shape index (κ1) is 20.7. The molecule has 3 heterocycles. The van der Waals surface area contributed by atoms with Crippen molar-refractivity contribution in [1.82, 2.24) is 25.4 Å². The molecule has 0 aliphatic carbocycles. The largest absolute Gasteiger partial charge is 0.497 e. The van der Waals surface area contributed by atoms with E-state index in [4.69, 9.17) is 21.3 Å². The molecule has 8 nitrogen and oxygen atoms in total. The number of carbonyl (C=O) groups is 1. The summed E-state index contributed by atoms with van der Waals surface area (Å²) < 4.78 is 7.47. The zero-order valence-electron chi connectivity index (χ0n) is 17.8. The second-order valence-electron chi connectivity index (χ2n) is 7.95. The first-order chi connectivity index (χ1) is 15.5. The van der Waals surface area contributed by atoms with E-state index in [1.165, 1.54) is 0 Å². The van der Waals surface area contributed by atoms with Gasteiger partial charge in [-0.15, -0.1) is 10.2 Å². The van der Waals surface area contributed by atoms with E-state index in [0.29, 0.717) is 16.6 Å². The minimum atomic E-state index is -0.492. The standard InChI is InChI=1S/C23H23ClN6O2/c1-13-28-29-23-19(10-21(31)26-16-11-25-12-16)27-22(14-3-5-15(24)6-4-14)18-9-17(32-2)7-8-20(18)30(13)23/h3-9,16,19,25H,10-12H2,1-2H3,(H,26,31)/t19-/m0/s1. The smallest absolute Gasteiger partial charge is 0.222 e. The molecular formula is C23H23ClN6O2. The molecule has 5 rings (SSSR count). The Balaban J connectivity index is 1.65. The van der Waals surface area contributed by atoms with Crippen molar-refractivity contribution in [1.29, 1.82) is 0 Å². The summed E-state index contributed by atoms with van der Waals surface area (Å²) in [5, 5.41) is 15.6. The summed E-state index contributed by atoms with van der Waals surface area (Å²) in [4.78, 5) is 17.9. The molecule has 2 aliphatic rings. The Morgan fingerprint density at radius 2 is 2.00 bits per heavy atom. The summed E-state index contributed by atoms with van der Waals surface area (Å²) in [7, 11) is 1.63. The lowest BCUT2D eigenvalue weighted by Crippen LogP contribution is -2.57. The third-order valence-corrected chi connectivity index (χ3v) is 6.03. The Hall–Kier alpha value is -3.23. The van der Waals surface area contributed by atoms with Crippen LogP contribution in [0.15, 0.2) is 47.5 Å². The van der Waals surface area contributed by atoms with Crippen molar-refractivity contribution in [2.45, 2.75) is 25.4 Å². The molecular weight excluding hydrogens is 428 g/mol. The molecule has 164 valence electrons. The van der Waals surface area contributed by atoms with Crippen LogP contribution in [0, 0.1) is 6.92 Å². The Labute approximate surface area is 190 Å². The van der Waals surface area contributed by atoms with Crippen LogP contribution in [0.3, 0.4) is 0 Å². The number of amides is 1. The molecule has 1 amide bonds. The molecule has 2 aromatic carbocycles. The molecule has 1 aromatic heterocycles. The fourth-order valence-corrected chi connectivity index (χ4v) is 4.16. The number of aryl methyl sites for hydroxylation is 1. The molecule has 3 aromatic rings. The Morgan fingerprint density at radius 3 is 2.69 bits per heavy atom. The zero-order valence-corrected chi connectivity index (χ0v) is 18.6. The van der Waals surface area contributed by atoms with E-state index in [2.05, 4.69) is 20.8 Å². The molecule has 1 atom stereocenters. The van der Waals surface area contributed by atoms with E-state index >= 15 is 0 Å². The second-order valence-corrected chi connectivity index (χ2v) is 8.39. The first-order valence-electron chi connectivity index (χ1n) is 10.5. The summed E-state index contributed by atoms with van der Waals surface area (Å²) in [6, 6.07) is 13.0. The fourth-order valence-electron chi connectivity index (χ4n) is 4.03. The van der Waals surface area contributed by atoms with E-state index in [0.717, 1.165) is 41.4 Å². The molecule has 32 heavy (non-hydrogen) atoms. The maximum absolute atomic E-state index is 12.8. The summed E-state index contributed by atoms with van der Waals surface area (Å²) in [6.45, 7) is 3.47. The maximum atomic E-state index is 12.8. The van der Waals surface area contributed by atoms with Crippen molar-refractivity contribution in [3.63, 3.8) is 0 Å². The number of halogens is 1. The molecule has 9 heteroatoms. The molecule has 0 unspecified atom stereocenters. The monoisotopic (exact) mass is 450 g/mol. The average Bonchev–Trinajstić information content (AvgIpc) is 3.09. The van der Waals surface area contributed by atoms with Gasteiger partial charge in [-0.05, 0) is 37.3 Å². The molecule has 1 saturated heterocycles. The van der Waals surface area contributed by atoms with Crippen LogP contribution in [0.4, 0.5) is 0 Å². The van der Waals surface area contributed by atoms with Crippen molar-refractivity contribution in [2.24, 2.45) is 4.99 Å². The molecule has 2 aliphatic heterocycles. The van der Waals surface area contributed by atoms with Crippen LogP contribution in [0.2, 0.25) is 5.02 Å². The van der Waals surface area contributed by atoms with Gasteiger partial charge >= 0.3 is 0 Å². The predicted octanol–water partition coefficient (Wildman–Crippen LogP) is 2.61. The highest BCUT2D eigenvalue weighted by Crippen LogP contribution is 2.34. The highest BCUT2D eigenvalue weighted by molar-refractivity contribution is 6.30. The number of benzene rings is 2. The molecule has 0 radical (unpaired) electrons. The number of carbonyl (C=O) groups excluding carboxylic acids is 1. The van der Waals surface area contributed by atoms with Crippen LogP contribution >= 0.6 is 11.6 Å². The van der Waals surface area contributed by atoms with E-state index in [1.54, 1.807) is 7.11 Å². The number of nitrogens with zero attached hydrogens (tertiary/aromatic N) is 4. The SMILES string of the molecule is COc1ccc2c(c1)C(c1ccc(Cl)cc1)=N[C@@H](CC(=O)NC1CNC1)c1nnc(C)n1-2. The van der Waals surface area contributed by atoms with Crippen LogP contribution in [0.25, 0.3) is 5.69 Å². The third kappa shape index (κ3) is 3.76. The van der Waals surface area contributed by atoms with E-state index in [1.807, 2.05) is 54.0 Å². The van der Waals surface area contributed by atoms with Crippen molar-refractivity contribution >= 4 is 23.2 Å². The number of hydrogen-bond acceptors (Lipinski definition) is 6. The number of methoxy groups -OCH3 is 1.